The molecule has 0 saturated carbocycles. The molecule has 13 rings (SSSR count). The molecule has 3 heterocycles. The van der Waals surface area contributed by atoms with Crippen LogP contribution in [-0.4, -0.2) is 15.0 Å². The molecule has 9 aromatic carbocycles. The zero-order valence-corrected chi connectivity index (χ0v) is 33.8. The second kappa shape index (κ2) is 13.5. The molecular weight excluding hydrogens is 763 g/mol. The lowest BCUT2D eigenvalue weighted by Crippen LogP contribution is -2.04. The smallest absolute Gasteiger partial charge is 0.167 e. The number of aromatic nitrogens is 3. The monoisotopic (exact) mass is 797 g/mol. The Bertz CT molecular complexity index is 3740. The van der Waals surface area contributed by atoms with Crippen LogP contribution >= 0.6 is 11.3 Å². The Balaban J connectivity index is 1.08. The molecule has 1 aliphatic rings. The van der Waals surface area contributed by atoms with Crippen LogP contribution in [0.3, 0.4) is 0 Å². The van der Waals surface area contributed by atoms with E-state index in [0.717, 1.165) is 67.6 Å². The average Bonchev–Trinajstić information content (AvgIpc) is 3.85. The van der Waals surface area contributed by atoms with E-state index in [-0.39, 0.29) is 5.92 Å². The van der Waals surface area contributed by atoms with Gasteiger partial charge in [0, 0.05) is 48.0 Å². The molecule has 286 valence electrons. The molecule has 0 spiro atoms. The molecule has 61 heavy (non-hydrogen) atoms. The Morgan fingerprint density at radius 3 is 1.95 bits per heavy atom. The molecule has 0 N–H and O–H groups in total. The number of hydrogen-bond acceptors (Lipinski definition) is 5. The Morgan fingerprint density at radius 2 is 1.07 bits per heavy atom. The maximum absolute atomic E-state index is 6.85. The van der Waals surface area contributed by atoms with Gasteiger partial charge < -0.3 is 4.42 Å². The first-order valence-corrected chi connectivity index (χ1v) is 21.7. The standard InChI is InChI=1S/C56H35N3OS/c1-2-15-35-30-46-36(29-34(35)14-1)27-28-39(40-18-5-6-19-41(40)46)37-31-47-42-20-7-9-24-49(42)60-53(47)48(32-37)56-58-54(43-22-11-16-33-13-3-4-17-38(33)43)57-55(59-56)45-23-12-26-51-52(45)44-21-8-10-25-50(44)61-51/h1-26,29-32,39H,27-28H2. The molecule has 12 aromatic rings. The number of para-hydroxylation sites is 1. The first kappa shape index (κ1) is 34.4. The molecule has 4 nitrogen and oxygen atoms in total. The van der Waals surface area contributed by atoms with Gasteiger partial charge in [0.1, 0.15) is 11.2 Å². The molecule has 0 fully saturated rings. The van der Waals surface area contributed by atoms with Crippen molar-refractivity contribution in [2.24, 2.45) is 0 Å². The van der Waals surface area contributed by atoms with E-state index in [2.05, 4.69) is 176 Å². The van der Waals surface area contributed by atoms with Crippen molar-refractivity contribution in [1.82, 2.24) is 15.0 Å². The number of rotatable bonds is 4. The topological polar surface area (TPSA) is 51.8 Å². The maximum Gasteiger partial charge on any atom is 0.167 e. The second-order valence-corrected chi connectivity index (χ2v) is 17.3. The number of nitrogens with zero attached hydrogens (tertiary/aromatic N) is 3. The molecule has 1 unspecified atom stereocenters. The number of benzene rings is 9. The summed E-state index contributed by atoms with van der Waals surface area (Å²) in [6, 6.07) is 65.5. The predicted octanol–water partition coefficient (Wildman–Crippen LogP) is 15.2. The number of hydrogen-bond donors (Lipinski definition) is 0. The summed E-state index contributed by atoms with van der Waals surface area (Å²) in [5, 5.41) is 9.28. The quantitative estimate of drug-likeness (QED) is 0.178. The van der Waals surface area contributed by atoms with Crippen LogP contribution in [0, 0.1) is 0 Å². The van der Waals surface area contributed by atoms with E-state index in [9.17, 15) is 0 Å². The minimum atomic E-state index is 0.119. The minimum absolute atomic E-state index is 0.119. The Hall–Kier alpha value is -7.47. The first-order chi connectivity index (χ1) is 30.2. The van der Waals surface area contributed by atoms with Crippen LogP contribution < -0.4 is 0 Å². The summed E-state index contributed by atoms with van der Waals surface area (Å²) < 4.78 is 9.29. The summed E-state index contributed by atoms with van der Waals surface area (Å²) in [7, 11) is 0. The molecule has 0 radical (unpaired) electrons. The van der Waals surface area contributed by atoms with Crippen molar-refractivity contribution in [3.05, 3.63) is 199 Å². The first-order valence-electron chi connectivity index (χ1n) is 20.9. The largest absolute Gasteiger partial charge is 0.455 e. The van der Waals surface area contributed by atoms with Crippen LogP contribution in [0.2, 0.25) is 0 Å². The van der Waals surface area contributed by atoms with Crippen LogP contribution in [-0.2, 0) is 6.42 Å². The summed E-state index contributed by atoms with van der Waals surface area (Å²) >= 11 is 1.80. The van der Waals surface area contributed by atoms with E-state index < -0.39 is 0 Å². The van der Waals surface area contributed by atoms with Crippen LogP contribution in [0.15, 0.2) is 186 Å². The van der Waals surface area contributed by atoms with Gasteiger partial charge in [-0.1, -0.05) is 146 Å². The summed E-state index contributed by atoms with van der Waals surface area (Å²) in [6.45, 7) is 0. The van der Waals surface area contributed by atoms with Gasteiger partial charge in [0.05, 0.1) is 5.56 Å². The maximum atomic E-state index is 6.85. The van der Waals surface area contributed by atoms with Crippen LogP contribution in [0.4, 0.5) is 0 Å². The highest BCUT2D eigenvalue weighted by atomic mass is 32.1. The lowest BCUT2D eigenvalue weighted by molar-refractivity contribution is 0.668. The fourth-order valence-electron chi connectivity index (χ4n) is 9.93. The number of furan rings is 1. The van der Waals surface area contributed by atoms with Gasteiger partial charge in [-0.25, -0.2) is 15.0 Å². The number of thiophene rings is 1. The molecular formula is C56H35N3OS. The molecule has 0 amide bonds. The fraction of sp³-hybridized carbons (Fsp3) is 0.0536. The van der Waals surface area contributed by atoms with Crippen molar-refractivity contribution in [3.63, 3.8) is 0 Å². The lowest BCUT2D eigenvalue weighted by Gasteiger charge is -2.20. The highest BCUT2D eigenvalue weighted by molar-refractivity contribution is 7.25. The van der Waals surface area contributed by atoms with Crippen molar-refractivity contribution in [2.75, 3.05) is 0 Å². The highest BCUT2D eigenvalue weighted by Crippen LogP contribution is 2.46. The number of fused-ring (bicyclic) bond motifs is 11. The summed E-state index contributed by atoms with van der Waals surface area (Å²) in [6.07, 6.45) is 1.92. The van der Waals surface area contributed by atoms with E-state index in [1.165, 1.54) is 53.4 Å². The third-order valence-electron chi connectivity index (χ3n) is 12.8. The van der Waals surface area contributed by atoms with Crippen molar-refractivity contribution in [3.8, 4) is 45.3 Å². The van der Waals surface area contributed by atoms with Crippen LogP contribution in [0.5, 0.6) is 0 Å². The minimum Gasteiger partial charge on any atom is -0.455 e. The second-order valence-electron chi connectivity index (χ2n) is 16.2. The Kier molecular flexibility index (Phi) is 7.63. The molecule has 1 aliphatic carbocycles. The lowest BCUT2D eigenvalue weighted by atomic mass is 9.84. The van der Waals surface area contributed by atoms with Gasteiger partial charge in [-0.15, -0.1) is 11.3 Å². The SMILES string of the molecule is c1ccc2c(c1)-c1cc3ccccc3cc1CCC2c1cc(-c2nc(-c3cccc4ccccc34)nc(-c3cccc4sc5ccccc5c34)n2)c2oc3ccccc3c2c1. The summed E-state index contributed by atoms with van der Waals surface area (Å²) in [4.78, 5) is 16.3. The van der Waals surface area contributed by atoms with E-state index in [4.69, 9.17) is 19.4 Å². The number of aryl methyl sites for hydroxylation is 1. The van der Waals surface area contributed by atoms with Crippen molar-refractivity contribution < 1.29 is 4.42 Å². The van der Waals surface area contributed by atoms with Crippen molar-refractivity contribution >= 4 is 75.0 Å². The highest BCUT2D eigenvalue weighted by Gasteiger charge is 2.28. The Morgan fingerprint density at radius 1 is 0.443 bits per heavy atom. The Labute approximate surface area is 355 Å². The van der Waals surface area contributed by atoms with Crippen molar-refractivity contribution in [1.29, 1.82) is 0 Å². The zero-order valence-electron chi connectivity index (χ0n) is 33.0. The van der Waals surface area contributed by atoms with Gasteiger partial charge in [-0.2, -0.15) is 0 Å². The summed E-state index contributed by atoms with van der Waals surface area (Å²) in [5.41, 5.74) is 11.0. The van der Waals surface area contributed by atoms with Crippen molar-refractivity contribution in [2.45, 2.75) is 18.8 Å². The van der Waals surface area contributed by atoms with E-state index in [1.807, 2.05) is 6.07 Å². The fourth-order valence-corrected chi connectivity index (χ4v) is 11.1. The van der Waals surface area contributed by atoms with Gasteiger partial charge >= 0.3 is 0 Å². The predicted molar refractivity (Wildman–Crippen MR) is 253 cm³/mol. The molecule has 1 atom stereocenters. The van der Waals surface area contributed by atoms with Crippen LogP contribution in [0.1, 0.15) is 29.0 Å². The summed E-state index contributed by atoms with van der Waals surface area (Å²) in [5.74, 6) is 1.98. The van der Waals surface area contributed by atoms with Gasteiger partial charge in [-0.3, -0.25) is 0 Å². The van der Waals surface area contributed by atoms with Gasteiger partial charge in [-0.05, 0) is 98.6 Å². The molecule has 0 saturated heterocycles. The van der Waals surface area contributed by atoms with Gasteiger partial charge in [0.25, 0.3) is 0 Å². The third-order valence-corrected chi connectivity index (χ3v) is 13.9. The third kappa shape index (κ3) is 5.47. The average molecular weight is 798 g/mol. The van der Waals surface area contributed by atoms with Crippen LogP contribution in [0.25, 0.3) is 109 Å². The molecule has 5 heteroatoms. The van der Waals surface area contributed by atoms with E-state index >= 15 is 0 Å². The van der Waals surface area contributed by atoms with E-state index in [0.29, 0.717) is 17.5 Å². The van der Waals surface area contributed by atoms with Gasteiger partial charge in [0.2, 0.25) is 0 Å². The zero-order chi connectivity index (χ0) is 40.0. The molecule has 0 aliphatic heterocycles. The molecule has 0 bridgehead atoms. The van der Waals surface area contributed by atoms with Gasteiger partial charge in [0.15, 0.2) is 17.5 Å². The normalized spacial score (nSPS) is 13.9. The molecule has 3 aromatic heterocycles. The van der Waals surface area contributed by atoms with E-state index in [1.54, 1.807) is 11.3 Å².